The number of aromatic amines is 1. The first-order valence-electron chi connectivity index (χ1n) is 3.13. The van der Waals surface area contributed by atoms with Crippen LogP contribution in [0, 0.1) is 3.70 Å². The van der Waals surface area contributed by atoms with Crippen LogP contribution in [0.4, 0.5) is 0 Å². The number of methoxy groups -OCH3 is 1. The van der Waals surface area contributed by atoms with Crippen molar-refractivity contribution in [2.75, 3.05) is 13.7 Å². The molecular formula is C6H8ClIN2O. The predicted molar refractivity (Wildman–Crippen MR) is 51.9 cm³/mol. The van der Waals surface area contributed by atoms with E-state index in [0.717, 1.165) is 15.8 Å². The van der Waals surface area contributed by atoms with Gasteiger partial charge >= 0.3 is 0 Å². The molecule has 1 N–H and O–H groups in total. The van der Waals surface area contributed by atoms with Crippen LogP contribution in [0.3, 0.4) is 0 Å². The molecule has 0 unspecified atom stereocenters. The Balaban J connectivity index is 2.63. The fourth-order valence-corrected chi connectivity index (χ4v) is 1.33. The average Bonchev–Trinajstić information content (AvgIpc) is 2.31. The highest BCUT2D eigenvalue weighted by Crippen LogP contribution is 2.19. The van der Waals surface area contributed by atoms with E-state index in [1.165, 1.54) is 0 Å². The Morgan fingerprint density at radius 3 is 2.91 bits per heavy atom. The van der Waals surface area contributed by atoms with E-state index in [1.807, 2.05) is 0 Å². The first kappa shape index (κ1) is 9.28. The Morgan fingerprint density at radius 1 is 1.73 bits per heavy atom. The molecule has 3 nitrogen and oxygen atoms in total. The van der Waals surface area contributed by atoms with Crippen LogP contribution >= 0.6 is 34.2 Å². The third-order valence-corrected chi connectivity index (χ3v) is 2.80. The molecule has 0 aliphatic rings. The summed E-state index contributed by atoms with van der Waals surface area (Å²) in [6, 6.07) is 0. The van der Waals surface area contributed by atoms with Gasteiger partial charge in [-0.3, -0.25) is 5.10 Å². The Bertz CT molecular complexity index is 238. The number of nitrogens with zero attached hydrogens (tertiary/aromatic N) is 1. The summed E-state index contributed by atoms with van der Waals surface area (Å²) in [6.07, 6.45) is 0.783. The van der Waals surface area contributed by atoms with Gasteiger partial charge in [-0.15, -0.1) is 0 Å². The van der Waals surface area contributed by atoms with Crippen LogP contribution in [0.5, 0.6) is 0 Å². The minimum Gasteiger partial charge on any atom is -0.384 e. The van der Waals surface area contributed by atoms with Crippen LogP contribution in [0.25, 0.3) is 0 Å². The fourth-order valence-electron chi connectivity index (χ4n) is 0.709. The molecule has 0 aliphatic carbocycles. The van der Waals surface area contributed by atoms with Crippen molar-refractivity contribution in [1.29, 1.82) is 0 Å². The molecular weight excluding hydrogens is 278 g/mol. The van der Waals surface area contributed by atoms with Gasteiger partial charge in [0.2, 0.25) is 0 Å². The summed E-state index contributed by atoms with van der Waals surface area (Å²) in [7, 11) is 1.66. The van der Waals surface area contributed by atoms with Gasteiger partial charge < -0.3 is 4.74 Å². The lowest BCUT2D eigenvalue weighted by Crippen LogP contribution is -1.94. The van der Waals surface area contributed by atoms with Crippen molar-refractivity contribution in [1.82, 2.24) is 10.2 Å². The van der Waals surface area contributed by atoms with Crippen molar-refractivity contribution < 1.29 is 4.74 Å². The fraction of sp³-hybridized carbons (Fsp3) is 0.500. The molecule has 0 spiro atoms. The normalized spacial score (nSPS) is 10.5. The number of nitrogens with one attached hydrogen (secondary N) is 1. The van der Waals surface area contributed by atoms with Gasteiger partial charge in [0.05, 0.1) is 17.3 Å². The zero-order valence-electron chi connectivity index (χ0n) is 6.03. The molecule has 62 valence electrons. The Labute approximate surface area is 83.6 Å². The maximum atomic E-state index is 5.89. The SMILES string of the molecule is COCCc1[nH]nc(I)c1Cl. The van der Waals surface area contributed by atoms with Gasteiger partial charge in [-0.1, -0.05) is 11.6 Å². The van der Waals surface area contributed by atoms with Crippen LogP contribution in [-0.2, 0) is 11.2 Å². The second-order valence-electron chi connectivity index (χ2n) is 2.05. The lowest BCUT2D eigenvalue weighted by Gasteiger charge is -1.95. The second-order valence-corrected chi connectivity index (χ2v) is 3.45. The summed E-state index contributed by atoms with van der Waals surface area (Å²) < 4.78 is 5.72. The lowest BCUT2D eigenvalue weighted by molar-refractivity contribution is 0.201. The van der Waals surface area contributed by atoms with Crippen molar-refractivity contribution in [3.05, 3.63) is 14.4 Å². The second kappa shape index (κ2) is 4.27. The van der Waals surface area contributed by atoms with Gasteiger partial charge in [0, 0.05) is 13.5 Å². The van der Waals surface area contributed by atoms with Crippen molar-refractivity contribution >= 4 is 34.2 Å². The van der Waals surface area contributed by atoms with Gasteiger partial charge in [0.25, 0.3) is 0 Å². The molecule has 0 aliphatic heterocycles. The molecule has 0 bridgehead atoms. The largest absolute Gasteiger partial charge is 0.384 e. The number of halogens is 2. The molecule has 0 saturated heterocycles. The molecule has 11 heavy (non-hydrogen) atoms. The van der Waals surface area contributed by atoms with E-state index in [9.17, 15) is 0 Å². The first-order chi connectivity index (χ1) is 5.25. The van der Waals surface area contributed by atoms with Crippen LogP contribution < -0.4 is 0 Å². The van der Waals surface area contributed by atoms with Gasteiger partial charge in [-0.05, 0) is 22.6 Å². The van der Waals surface area contributed by atoms with Gasteiger partial charge in [-0.25, -0.2) is 0 Å². The lowest BCUT2D eigenvalue weighted by atomic mass is 10.3. The summed E-state index contributed by atoms with van der Waals surface area (Å²) in [6.45, 7) is 0.665. The predicted octanol–water partition coefficient (Wildman–Crippen LogP) is 1.86. The van der Waals surface area contributed by atoms with E-state index >= 15 is 0 Å². The third-order valence-electron chi connectivity index (χ3n) is 1.29. The molecule has 1 aromatic rings. The van der Waals surface area contributed by atoms with Gasteiger partial charge in [-0.2, -0.15) is 5.10 Å². The van der Waals surface area contributed by atoms with Crippen molar-refractivity contribution in [3.63, 3.8) is 0 Å². The Hall–Kier alpha value is 0.190. The average molecular weight is 286 g/mol. The maximum absolute atomic E-state index is 5.89. The Kier molecular flexibility index (Phi) is 3.61. The van der Waals surface area contributed by atoms with Gasteiger partial charge in [0.1, 0.15) is 3.70 Å². The van der Waals surface area contributed by atoms with E-state index in [-0.39, 0.29) is 0 Å². The number of rotatable bonds is 3. The molecule has 0 fully saturated rings. The monoisotopic (exact) mass is 286 g/mol. The Morgan fingerprint density at radius 2 is 2.45 bits per heavy atom. The van der Waals surface area contributed by atoms with E-state index in [0.29, 0.717) is 11.6 Å². The summed E-state index contributed by atoms with van der Waals surface area (Å²) in [5.41, 5.74) is 0.943. The summed E-state index contributed by atoms with van der Waals surface area (Å²) >= 11 is 7.97. The molecule has 0 aromatic carbocycles. The van der Waals surface area contributed by atoms with E-state index in [4.69, 9.17) is 16.3 Å². The number of H-pyrrole nitrogens is 1. The highest BCUT2D eigenvalue weighted by atomic mass is 127. The maximum Gasteiger partial charge on any atom is 0.141 e. The van der Waals surface area contributed by atoms with Crippen molar-refractivity contribution in [2.24, 2.45) is 0 Å². The first-order valence-corrected chi connectivity index (χ1v) is 4.58. The third kappa shape index (κ3) is 2.31. The number of hydrogen-bond acceptors (Lipinski definition) is 2. The minimum absolute atomic E-state index is 0.665. The highest BCUT2D eigenvalue weighted by molar-refractivity contribution is 14.1. The summed E-state index contributed by atoms with van der Waals surface area (Å²) in [4.78, 5) is 0. The molecule has 0 atom stereocenters. The highest BCUT2D eigenvalue weighted by Gasteiger charge is 2.06. The molecule has 1 rings (SSSR count). The molecule has 1 aromatic heterocycles. The molecule has 1 heterocycles. The quantitative estimate of drug-likeness (QED) is 0.861. The van der Waals surface area contributed by atoms with Crippen LogP contribution in [0.15, 0.2) is 0 Å². The van der Waals surface area contributed by atoms with Crippen molar-refractivity contribution in [2.45, 2.75) is 6.42 Å². The van der Waals surface area contributed by atoms with Crippen molar-refractivity contribution in [3.8, 4) is 0 Å². The molecule has 0 amide bonds. The summed E-state index contributed by atoms with van der Waals surface area (Å²) in [5, 5.41) is 7.49. The van der Waals surface area contributed by atoms with E-state index in [2.05, 4.69) is 32.8 Å². The zero-order valence-corrected chi connectivity index (χ0v) is 8.94. The molecule has 5 heteroatoms. The summed E-state index contributed by atoms with van der Waals surface area (Å²) in [5.74, 6) is 0. The molecule has 0 saturated carbocycles. The smallest absolute Gasteiger partial charge is 0.141 e. The minimum atomic E-state index is 0.665. The van der Waals surface area contributed by atoms with Gasteiger partial charge in [0.15, 0.2) is 0 Å². The number of aromatic nitrogens is 2. The molecule has 0 radical (unpaired) electrons. The number of ether oxygens (including phenoxy) is 1. The van der Waals surface area contributed by atoms with Crippen LogP contribution in [-0.4, -0.2) is 23.9 Å². The van der Waals surface area contributed by atoms with Crippen LogP contribution in [0.1, 0.15) is 5.69 Å². The zero-order chi connectivity index (χ0) is 8.27. The topological polar surface area (TPSA) is 37.9 Å². The standard InChI is InChI=1S/C6H8ClIN2O/c1-11-3-2-4-5(7)6(8)10-9-4/h2-3H2,1H3,(H,9,10). The van der Waals surface area contributed by atoms with E-state index < -0.39 is 0 Å². The van der Waals surface area contributed by atoms with Crippen LogP contribution in [0.2, 0.25) is 5.02 Å². The van der Waals surface area contributed by atoms with E-state index in [1.54, 1.807) is 7.11 Å². The number of hydrogen-bond donors (Lipinski definition) is 1.